The van der Waals surface area contributed by atoms with E-state index in [9.17, 15) is 9.90 Å². The molecule has 2 heterocycles. The van der Waals surface area contributed by atoms with Crippen LogP contribution in [0.1, 0.15) is 11.3 Å². The van der Waals surface area contributed by atoms with Crippen LogP contribution in [-0.4, -0.2) is 53.6 Å². The smallest absolute Gasteiger partial charge is 0.256 e. The van der Waals surface area contributed by atoms with Crippen LogP contribution in [0.3, 0.4) is 0 Å². The predicted octanol–water partition coefficient (Wildman–Crippen LogP) is 2.31. The van der Waals surface area contributed by atoms with E-state index in [1.807, 2.05) is 36.4 Å². The number of hydrogen-bond acceptors (Lipinski definition) is 6. The molecule has 0 aliphatic carbocycles. The Balaban J connectivity index is 1.29. The Morgan fingerprint density at radius 2 is 1.97 bits per heavy atom. The number of H-pyrrole nitrogens is 1. The Bertz CT molecular complexity index is 1030. The van der Waals surface area contributed by atoms with Crippen LogP contribution in [0, 0.1) is 0 Å². The van der Waals surface area contributed by atoms with Gasteiger partial charge in [-0.1, -0.05) is 24.3 Å². The fraction of sp³-hybridized carbons (Fsp3) is 0.217. The van der Waals surface area contributed by atoms with Gasteiger partial charge in [0.05, 0.1) is 22.5 Å². The number of amides is 1. The lowest BCUT2D eigenvalue weighted by atomic mass is 10.0. The average molecular weight is 420 g/mol. The van der Waals surface area contributed by atoms with Crippen molar-refractivity contribution in [2.75, 3.05) is 31.6 Å². The molecule has 1 unspecified atom stereocenters. The van der Waals surface area contributed by atoms with Crippen LogP contribution < -0.4 is 20.1 Å². The number of nitrogens with zero attached hydrogens (tertiary/aromatic N) is 1. The molecule has 0 saturated heterocycles. The van der Waals surface area contributed by atoms with Gasteiger partial charge in [-0.15, -0.1) is 0 Å². The number of para-hydroxylation sites is 1. The van der Waals surface area contributed by atoms with Crippen molar-refractivity contribution in [3.05, 3.63) is 72.1 Å². The normalized spacial score (nSPS) is 14.9. The summed E-state index contributed by atoms with van der Waals surface area (Å²) in [6.07, 6.45) is 2.64. The minimum absolute atomic E-state index is 0.0918. The number of anilines is 1. The fourth-order valence-electron chi connectivity index (χ4n) is 3.25. The molecule has 8 heteroatoms. The molecule has 1 amide bonds. The van der Waals surface area contributed by atoms with Crippen molar-refractivity contribution in [1.29, 1.82) is 0 Å². The molecular weight excluding hydrogens is 396 g/mol. The molecule has 1 aromatic heterocycles. The number of rotatable bonds is 10. The van der Waals surface area contributed by atoms with E-state index in [-0.39, 0.29) is 12.5 Å². The highest BCUT2D eigenvalue weighted by Gasteiger charge is 2.28. The summed E-state index contributed by atoms with van der Waals surface area (Å²) in [7, 11) is 0. The van der Waals surface area contributed by atoms with Gasteiger partial charge in [-0.3, -0.25) is 9.89 Å². The molecule has 1 aliphatic rings. The molecule has 0 radical (unpaired) electrons. The average Bonchev–Trinajstić information content (AvgIpc) is 3.41. The molecule has 3 aromatic rings. The lowest BCUT2D eigenvalue weighted by Crippen LogP contribution is -2.33. The van der Waals surface area contributed by atoms with Crippen molar-refractivity contribution >= 4 is 23.2 Å². The summed E-state index contributed by atoms with van der Waals surface area (Å²) in [6, 6.07) is 16.8. The summed E-state index contributed by atoms with van der Waals surface area (Å²) in [5.41, 5.74) is 2.56. The number of aromatic amines is 1. The predicted molar refractivity (Wildman–Crippen MR) is 118 cm³/mol. The number of benzene rings is 2. The van der Waals surface area contributed by atoms with E-state index in [1.165, 1.54) is 0 Å². The molecule has 2 aromatic carbocycles. The first kappa shape index (κ1) is 20.6. The molecule has 0 saturated carbocycles. The van der Waals surface area contributed by atoms with E-state index in [1.54, 1.807) is 30.5 Å². The van der Waals surface area contributed by atoms with Gasteiger partial charge >= 0.3 is 0 Å². The first-order valence-corrected chi connectivity index (χ1v) is 10.1. The van der Waals surface area contributed by atoms with Crippen molar-refractivity contribution in [2.45, 2.75) is 6.10 Å². The van der Waals surface area contributed by atoms with Crippen molar-refractivity contribution in [3.63, 3.8) is 0 Å². The molecule has 0 bridgehead atoms. The SMILES string of the molecule is O=C1Nc2cccc(OCC(O)CNCCOc3ccccc3)c2C1=Cc1ccn[nH]1. The lowest BCUT2D eigenvalue weighted by Gasteiger charge is -2.15. The number of fused-ring (bicyclic) bond motifs is 1. The Morgan fingerprint density at radius 1 is 1.10 bits per heavy atom. The van der Waals surface area contributed by atoms with Gasteiger partial charge < -0.3 is 25.2 Å². The topological polar surface area (TPSA) is 108 Å². The number of nitrogens with one attached hydrogen (secondary N) is 3. The van der Waals surface area contributed by atoms with Crippen LogP contribution in [0.2, 0.25) is 0 Å². The van der Waals surface area contributed by atoms with Crippen molar-refractivity contribution in [3.8, 4) is 11.5 Å². The maximum absolute atomic E-state index is 12.4. The number of aliphatic hydroxyl groups excluding tert-OH is 1. The minimum Gasteiger partial charge on any atom is -0.492 e. The third kappa shape index (κ3) is 5.30. The zero-order valence-electron chi connectivity index (χ0n) is 16.9. The van der Waals surface area contributed by atoms with Gasteiger partial charge in [0.15, 0.2) is 0 Å². The Morgan fingerprint density at radius 3 is 2.77 bits per heavy atom. The number of hydrogen-bond donors (Lipinski definition) is 4. The monoisotopic (exact) mass is 420 g/mol. The first-order chi connectivity index (χ1) is 15.2. The van der Waals surface area contributed by atoms with Gasteiger partial charge in [-0.05, 0) is 36.4 Å². The van der Waals surface area contributed by atoms with Crippen LogP contribution >= 0.6 is 0 Å². The second-order valence-corrected chi connectivity index (χ2v) is 7.03. The quantitative estimate of drug-likeness (QED) is 0.296. The van der Waals surface area contributed by atoms with E-state index in [0.717, 1.165) is 11.4 Å². The van der Waals surface area contributed by atoms with E-state index >= 15 is 0 Å². The molecule has 1 aliphatic heterocycles. The maximum atomic E-state index is 12.4. The van der Waals surface area contributed by atoms with Crippen molar-refractivity contribution < 1.29 is 19.4 Å². The zero-order chi connectivity index (χ0) is 21.5. The largest absolute Gasteiger partial charge is 0.492 e. The molecule has 160 valence electrons. The van der Waals surface area contributed by atoms with Gasteiger partial charge in [-0.2, -0.15) is 5.10 Å². The lowest BCUT2D eigenvalue weighted by molar-refractivity contribution is -0.110. The van der Waals surface area contributed by atoms with Crippen LogP contribution in [-0.2, 0) is 4.79 Å². The molecule has 0 spiro atoms. The third-order valence-corrected chi connectivity index (χ3v) is 4.71. The van der Waals surface area contributed by atoms with Gasteiger partial charge in [-0.25, -0.2) is 0 Å². The van der Waals surface area contributed by atoms with Gasteiger partial charge in [0.2, 0.25) is 0 Å². The van der Waals surface area contributed by atoms with Crippen LogP contribution in [0.4, 0.5) is 5.69 Å². The number of aliphatic hydroxyl groups is 1. The third-order valence-electron chi connectivity index (χ3n) is 4.71. The Labute approximate surface area is 179 Å². The van der Waals surface area contributed by atoms with E-state index < -0.39 is 6.10 Å². The summed E-state index contributed by atoms with van der Waals surface area (Å²) >= 11 is 0. The first-order valence-electron chi connectivity index (χ1n) is 10.1. The number of aromatic nitrogens is 2. The summed E-state index contributed by atoms with van der Waals surface area (Å²) in [5.74, 6) is 1.14. The highest BCUT2D eigenvalue weighted by Crippen LogP contribution is 2.39. The number of carbonyl (C=O) groups is 1. The molecule has 4 N–H and O–H groups in total. The molecular formula is C23H24N4O4. The summed E-state index contributed by atoms with van der Waals surface area (Å²) < 4.78 is 11.5. The van der Waals surface area contributed by atoms with E-state index in [0.29, 0.717) is 42.3 Å². The molecule has 4 rings (SSSR count). The number of carbonyl (C=O) groups excluding carboxylic acids is 1. The fourth-order valence-corrected chi connectivity index (χ4v) is 3.25. The highest BCUT2D eigenvalue weighted by molar-refractivity contribution is 6.35. The molecule has 31 heavy (non-hydrogen) atoms. The van der Waals surface area contributed by atoms with Crippen molar-refractivity contribution in [1.82, 2.24) is 15.5 Å². The maximum Gasteiger partial charge on any atom is 0.256 e. The molecule has 8 nitrogen and oxygen atoms in total. The van der Waals surface area contributed by atoms with Crippen LogP contribution in [0.25, 0.3) is 11.6 Å². The van der Waals surface area contributed by atoms with Crippen LogP contribution in [0.15, 0.2) is 60.8 Å². The minimum atomic E-state index is -0.710. The standard InChI is InChI=1S/C23H24N4O4/c28-17(14-24-11-12-30-18-5-2-1-3-6-18)15-31-21-8-4-7-20-22(21)19(23(29)26-20)13-16-9-10-25-27-16/h1-10,13,17,24,28H,11-12,14-15H2,(H,25,27)(H,26,29). The molecule has 0 fully saturated rings. The summed E-state index contributed by atoms with van der Waals surface area (Å²) in [5, 5.41) is 23.0. The van der Waals surface area contributed by atoms with Gasteiger partial charge in [0.1, 0.15) is 30.8 Å². The van der Waals surface area contributed by atoms with Gasteiger partial charge in [0, 0.05) is 19.3 Å². The van der Waals surface area contributed by atoms with Gasteiger partial charge in [0.25, 0.3) is 5.91 Å². The van der Waals surface area contributed by atoms with Crippen LogP contribution in [0.5, 0.6) is 11.5 Å². The highest BCUT2D eigenvalue weighted by atomic mass is 16.5. The Hall–Kier alpha value is -3.62. The molecule has 1 atom stereocenters. The Kier molecular flexibility index (Phi) is 6.61. The zero-order valence-corrected chi connectivity index (χ0v) is 16.9. The summed E-state index contributed by atoms with van der Waals surface area (Å²) in [6.45, 7) is 1.55. The summed E-state index contributed by atoms with van der Waals surface area (Å²) in [4.78, 5) is 12.4. The number of ether oxygens (including phenoxy) is 2. The second-order valence-electron chi connectivity index (χ2n) is 7.03. The second kappa shape index (κ2) is 9.92. The van der Waals surface area contributed by atoms with Crippen molar-refractivity contribution in [2.24, 2.45) is 0 Å². The van der Waals surface area contributed by atoms with E-state index in [4.69, 9.17) is 9.47 Å². The van der Waals surface area contributed by atoms with E-state index in [2.05, 4.69) is 20.8 Å².